The van der Waals surface area contributed by atoms with Crippen LogP contribution in [0.5, 0.6) is 0 Å². The first-order valence-corrected chi connectivity index (χ1v) is 7.78. The van der Waals surface area contributed by atoms with Gasteiger partial charge >= 0.3 is 0 Å². The topological polar surface area (TPSA) is 56.0 Å². The van der Waals surface area contributed by atoms with Crippen molar-refractivity contribution in [1.82, 2.24) is 4.98 Å². The lowest BCUT2D eigenvalue weighted by molar-refractivity contribution is 0.0995. The fourth-order valence-electron chi connectivity index (χ4n) is 3.90. The van der Waals surface area contributed by atoms with Crippen LogP contribution in [0, 0.1) is 12.7 Å². The number of hydrogen-bond acceptors (Lipinski definition) is 2. The number of hydrogen-bond donors (Lipinski definition) is 1. The van der Waals surface area contributed by atoms with Gasteiger partial charge in [0.05, 0.1) is 5.69 Å². The highest BCUT2D eigenvalue weighted by atomic mass is 19.1. The molecule has 2 bridgehead atoms. The first kappa shape index (κ1) is 14.1. The van der Waals surface area contributed by atoms with Gasteiger partial charge in [0.1, 0.15) is 11.5 Å². The Balaban J connectivity index is 2.02. The zero-order valence-electron chi connectivity index (χ0n) is 13.1. The van der Waals surface area contributed by atoms with Crippen LogP contribution in [-0.2, 0) is 0 Å². The van der Waals surface area contributed by atoms with Crippen LogP contribution in [0.25, 0.3) is 16.7 Å². The minimum atomic E-state index is -0.581. The summed E-state index contributed by atoms with van der Waals surface area (Å²) in [6, 6.07) is 6.82. The number of carbonyl (C=O) groups is 1. The summed E-state index contributed by atoms with van der Waals surface area (Å²) >= 11 is 0. The van der Waals surface area contributed by atoms with Gasteiger partial charge in [-0.3, -0.25) is 4.79 Å². The number of nitrogens with two attached hydrogens (primary N) is 1. The molecule has 116 valence electrons. The molecule has 3 nitrogen and oxygen atoms in total. The summed E-state index contributed by atoms with van der Waals surface area (Å²) in [5, 5.41) is 0. The number of benzene rings is 1. The number of allylic oxidation sites excluding steroid dienone is 2. The molecule has 0 fully saturated rings. The number of halogens is 1. The predicted octanol–water partition coefficient (Wildman–Crippen LogP) is 3.96. The van der Waals surface area contributed by atoms with Crippen LogP contribution >= 0.6 is 0 Å². The number of fused-ring (bicyclic) bond motifs is 4. The molecule has 1 heterocycles. The minimum absolute atomic E-state index is 0.201. The second-order valence-electron chi connectivity index (χ2n) is 6.42. The Morgan fingerprint density at radius 1 is 1.26 bits per heavy atom. The van der Waals surface area contributed by atoms with Crippen molar-refractivity contribution in [3.8, 4) is 11.1 Å². The third kappa shape index (κ3) is 1.94. The third-order valence-electron chi connectivity index (χ3n) is 5.04. The second-order valence-corrected chi connectivity index (χ2v) is 6.42. The maximum Gasteiger partial charge on any atom is 0.267 e. The number of aromatic nitrogens is 1. The monoisotopic (exact) mass is 308 g/mol. The second kappa shape index (κ2) is 4.75. The molecule has 0 aliphatic heterocycles. The molecule has 1 amide bonds. The Labute approximate surface area is 134 Å². The van der Waals surface area contributed by atoms with Crippen molar-refractivity contribution in [1.29, 1.82) is 0 Å². The predicted molar refractivity (Wildman–Crippen MR) is 87.5 cm³/mol. The van der Waals surface area contributed by atoms with E-state index in [0.717, 1.165) is 35.2 Å². The molecule has 4 heteroatoms. The number of rotatable bonds is 2. The summed E-state index contributed by atoms with van der Waals surface area (Å²) in [4.78, 5) is 16.1. The lowest BCUT2D eigenvalue weighted by Crippen LogP contribution is -2.16. The highest BCUT2D eigenvalue weighted by molar-refractivity contribution is 5.95. The van der Waals surface area contributed by atoms with Gasteiger partial charge < -0.3 is 5.73 Å². The molecule has 2 aliphatic rings. The van der Waals surface area contributed by atoms with E-state index in [1.54, 1.807) is 12.1 Å². The molecule has 0 saturated carbocycles. The number of primary amides is 1. The molecule has 2 aromatic rings. The molecule has 1 atom stereocenters. The van der Waals surface area contributed by atoms with Crippen molar-refractivity contribution in [2.75, 3.05) is 0 Å². The smallest absolute Gasteiger partial charge is 0.267 e. The van der Waals surface area contributed by atoms with E-state index in [1.165, 1.54) is 17.2 Å². The van der Waals surface area contributed by atoms with Crippen molar-refractivity contribution in [3.63, 3.8) is 0 Å². The lowest BCUT2D eigenvalue weighted by Gasteiger charge is -2.20. The lowest BCUT2D eigenvalue weighted by atomic mass is 9.85. The Kier molecular flexibility index (Phi) is 2.92. The average Bonchev–Trinajstić information content (AvgIpc) is 3.00. The third-order valence-corrected chi connectivity index (χ3v) is 5.04. The van der Waals surface area contributed by atoms with Crippen molar-refractivity contribution in [2.24, 2.45) is 5.73 Å². The van der Waals surface area contributed by atoms with Gasteiger partial charge in [0.15, 0.2) is 0 Å². The van der Waals surface area contributed by atoms with Gasteiger partial charge in [-0.15, -0.1) is 0 Å². The molecule has 2 N–H and O–H groups in total. The van der Waals surface area contributed by atoms with E-state index in [2.05, 4.69) is 11.9 Å². The average molecular weight is 308 g/mol. The van der Waals surface area contributed by atoms with Gasteiger partial charge in [0.2, 0.25) is 0 Å². The normalized spacial score (nSPS) is 18.5. The standard InChI is InChI=1S/C19H17FN2O/c1-9-3-4-13(15(20)7-9)14-8-16(19(21)23)22-18-12-6-5-11(10(12)2)17(14)18/h3-4,7-8,11H,5-6H2,1-2H3,(H2,21,23)/t11-/m1/s1. The van der Waals surface area contributed by atoms with Crippen molar-refractivity contribution in [3.05, 3.63) is 58.2 Å². The fraction of sp³-hybridized carbons (Fsp3) is 0.263. The SMILES string of the molecule is CC1=C2CC[C@H]1c1c(-c3ccc(C)cc3F)cc(C(N)=O)nc12. The van der Waals surface area contributed by atoms with Crippen LogP contribution in [0.3, 0.4) is 0 Å². The number of amides is 1. The van der Waals surface area contributed by atoms with Gasteiger partial charge in [0, 0.05) is 11.5 Å². The summed E-state index contributed by atoms with van der Waals surface area (Å²) in [6.45, 7) is 3.96. The Hall–Kier alpha value is -2.49. The summed E-state index contributed by atoms with van der Waals surface area (Å²) in [5.74, 6) is -0.577. The van der Waals surface area contributed by atoms with Crippen LogP contribution in [0.4, 0.5) is 4.39 Å². The molecule has 0 radical (unpaired) electrons. The van der Waals surface area contributed by atoms with Crippen LogP contribution in [0.15, 0.2) is 29.8 Å². The van der Waals surface area contributed by atoms with Gasteiger partial charge in [0.25, 0.3) is 5.91 Å². The van der Waals surface area contributed by atoms with E-state index in [9.17, 15) is 9.18 Å². The molecule has 2 aliphatic carbocycles. The maximum atomic E-state index is 14.5. The highest BCUT2D eigenvalue weighted by Crippen LogP contribution is 2.54. The molecule has 0 unspecified atom stereocenters. The van der Waals surface area contributed by atoms with Gasteiger partial charge in [-0.2, -0.15) is 0 Å². The number of nitrogens with zero attached hydrogens (tertiary/aromatic N) is 1. The van der Waals surface area contributed by atoms with Crippen LogP contribution < -0.4 is 5.73 Å². The van der Waals surface area contributed by atoms with Crippen molar-refractivity contribution in [2.45, 2.75) is 32.6 Å². The Morgan fingerprint density at radius 2 is 2.04 bits per heavy atom. The van der Waals surface area contributed by atoms with Gasteiger partial charge in [-0.1, -0.05) is 17.7 Å². The number of carbonyl (C=O) groups excluding carboxylic acids is 1. The van der Waals surface area contributed by atoms with E-state index in [1.807, 2.05) is 13.0 Å². The largest absolute Gasteiger partial charge is 0.364 e. The quantitative estimate of drug-likeness (QED) is 0.913. The molecule has 0 saturated heterocycles. The molecule has 0 spiro atoms. The minimum Gasteiger partial charge on any atom is -0.364 e. The van der Waals surface area contributed by atoms with Crippen LogP contribution in [0.1, 0.15) is 53.0 Å². The van der Waals surface area contributed by atoms with Gasteiger partial charge in [-0.25, -0.2) is 9.37 Å². The maximum absolute atomic E-state index is 14.5. The summed E-state index contributed by atoms with van der Waals surface area (Å²) in [6.07, 6.45) is 2.00. The summed E-state index contributed by atoms with van der Waals surface area (Å²) < 4.78 is 14.5. The van der Waals surface area contributed by atoms with E-state index < -0.39 is 5.91 Å². The number of aryl methyl sites for hydroxylation is 1. The van der Waals surface area contributed by atoms with Crippen LogP contribution in [0.2, 0.25) is 0 Å². The first-order chi connectivity index (χ1) is 11.0. The molecular weight excluding hydrogens is 291 g/mol. The molecule has 1 aromatic heterocycles. The summed E-state index contributed by atoms with van der Waals surface area (Å²) in [5.41, 5.74) is 12.1. The number of pyridine rings is 1. The van der Waals surface area contributed by atoms with Gasteiger partial charge in [-0.05, 0) is 61.1 Å². The molecular formula is C19H17FN2O. The molecule has 23 heavy (non-hydrogen) atoms. The zero-order valence-corrected chi connectivity index (χ0v) is 13.1. The fourth-order valence-corrected chi connectivity index (χ4v) is 3.90. The van der Waals surface area contributed by atoms with Crippen molar-refractivity contribution < 1.29 is 9.18 Å². The van der Waals surface area contributed by atoms with E-state index in [-0.39, 0.29) is 17.4 Å². The molecule has 1 aromatic carbocycles. The molecule has 4 rings (SSSR count). The summed E-state index contributed by atoms with van der Waals surface area (Å²) in [7, 11) is 0. The van der Waals surface area contributed by atoms with E-state index in [0.29, 0.717) is 5.56 Å². The van der Waals surface area contributed by atoms with Crippen LogP contribution in [-0.4, -0.2) is 10.9 Å². The van der Waals surface area contributed by atoms with Crippen molar-refractivity contribution >= 4 is 11.5 Å². The first-order valence-electron chi connectivity index (χ1n) is 7.78. The zero-order chi connectivity index (χ0) is 16.3. The Bertz CT molecular complexity index is 898. The highest BCUT2D eigenvalue weighted by Gasteiger charge is 2.38. The van der Waals surface area contributed by atoms with E-state index >= 15 is 0 Å². The Morgan fingerprint density at radius 3 is 2.74 bits per heavy atom. The van der Waals surface area contributed by atoms with E-state index in [4.69, 9.17) is 5.73 Å².